The fourth-order valence-electron chi connectivity index (χ4n) is 2.27. The smallest absolute Gasteiger partial charge is 0.277 e. The molecule has 3 rings (SSSR count). The molecule has 3 aromatic rings. The van der Waals surface area contributed by atoms with Crippen LogP contribution in [-0.4, -0.2) is 39.9 Å². The van der Waals surface area contributed by atoms with Gasteiger partial charge in [-0.25, -0.2) is 0 Å². The molecule has 0 spiro atoms. The van der Waals surface area contributed by atoms with E-state index in [1.807, 2.05) is 0 Å². The molecule has 0 bridgehead atoms. The molecule has 0 unspecified atom stereocenters. The van der Waals surface area contributed by atoms with Crippen molar-refractivity contribution >= 4 is 35.0 Å². The lowest BCUT2D eigenvalue weighted by atomic mass is 10.2. The lowest BCUT2D eigenvalue weighted by Gasteiger charge is -2.12. The fourth-order valence-corrected chi connectivity index (χ4v) is 2.84. The molecule has 2 amide bonds. The van der Waals surface area contributed by atoms with E-state index in [2.05, 4.69) is 25.8 Å². The molecular formula is C18H17N5O4S. The molecule has 9 nitrogen and oxygen atoms in total. The maximum Gasteiger partial charge on any atom is 0.277 e. The van der Waals surface area contributed by atoms with Crippen LogP contribution >= 0.6 is 11.8 Å². The molecule has 2 aromatic heterocycles. The molecule has 0 aliphatic carbocycles. The monoisotopic (exact) mass is 399 g/mol. The molecule has 0 saturated carbocycles. The van der Waals surface area contributed by atoms with Crippen molar-refractivity contribution in [3.05, 3.63) is 42.7 Å². The van der Waals surface area contributed by atoms with Crippen molar-refractivity contribution in [2.75, 3.05) is 23.5 Å². The van der Waals surface area contributed by atoms with E-state index in [0.29, 0.717) is 28.6 Å². The normalized spacial score (nSPS) is 10.4. The summed E-state index contributed by atoms with van der Waals surface area (Å²) in [5.41, 5.74) is 1.70. The minimum Gasteiger partial charge on any atom is -0.495 e. The third-order valence-corrected chi connectivity index (χ3v) is 4.25. The Morgan fingerprint density at radius 1 is 1.21 bits per heavy atom. The Labute approximate surface area is 164 Å². The highest BCUT2D eigenvalue weighted by Crippen LogP contribution is 2.28. The summed E-state index contributed by atoms with van der Waals surface area (Å²) >= 11 is 1.11. The summed E-state index contributed by atoms with van der Waals surface area (Å²) in [5.74, 6) is 0.371. The number of benzene rings is 1. The number of hydrogen-bond donors (Lipinski definition) is 2. The highest BCUT2D eigenvalue weighted by molar-refractivity contribution is 7.99. The van der Waals surface area contributed by atoms with Crippen molar-refractivity contribution in [3.63, 3.8) is 0 Å². The average Bonchev–Trinajstić information content (AvgIpc) is 3.16. The summed E-state index contributed by atoms with van der Waals surface area (Å²) in [4.78, 5) is 27.5. The summed E-state index contributed by atoms with van der Waals surface area (Å²) in [5, 5.41) is 13.5. The van der Waals surface area contributed by atoms with Crippen LogP contribution in [0.2, 0.25) is 0 Å². The number of ether oxygens (including phenoxy) is 1. The van der Waals surface area contributed by atoms with E-state index in [9.17, 15) is 9.59 Å². The molecule has 2 heterocycles. The summed E-state index contributed by atoms with van der Waals surface area (Å²) in [6.45, 7) is 1.41. The van der Waals surface area contributed by atoms with Gasteiger partial charge in [0.25, 0.3) is 5.22 Å². The highest BCUT2D eigenvalue weighted by Gasteiger charge is 2.13. The van der Waals surface area contributed by atoms with Crippen molar-refractivity contribution in [2.24, 2.45) is 0 Å². The summed E-state index contributed by atoms with van der Waals surface area (Å²) in [7, 11) is 1.50. The minimum atomic E-state index is -0.288. The Morgan fingerprint density at radius 3 is 2.79 bits per heavy atom. The van der Waals surface area contributed by atoms with E-state index in [-0.39, 0.29) is 22.8 Å². The first-order valence-electron chi connectivity index (χ1n) is 8.17. The van der Waals surface area contributed by atoms with E-state index in [1.54, 1.807) is 42.7 Å². The van der Waals surface area contributed by atoms with Gasteiger partial charge in [0.05, 0.1) is 24.1 Å². The molecule has 0 radical (unpaired) electrons. The Hall–Kier alpha value is -3.40. The quantitative estimate of drug-likeness (QED) is 0.582. The number of nitrogens with one attached hydrogen (secondary N) is 2. The molecule has 0 fully saturated rings. The summed E-state index contributed by atoms with van der Waals surface area (Å²) < 4.78 is 10.8. The van der Waals surface area contributed by atoms with Gasteiger partial charge in [0, 0.05) is 25.0 Å². The number of methoxy groups -OCH3 is 1. The van der Waals surface area contributed by atoms with Gasteiger partial charge < -0.3 is 19.8 Å². The van der Waals surface area contributed by atoms with Crippen LogP contribution in [0.15, 0.2) is 52.4 Å². The number of carbonyl (C=O) groups is 2. The Balaban J connectivity index is 1.61. The van der Waals surface area contributed by atoms with E-state index in [0.717, 1.165) is 11.8 Å². The zero-order chi connectivity index (χ0) is 19.9. The van der Waals surface area contributed by atoms with Crippen LogP contribution in [0.5, 0.6) is 5.75 Å². The Morgan fingerprint density at radius 2 is 2.07 bits per heavy atom. The van der Waals surface area contributed by atoms with Crippen LogP contribution in [0.4, 0.5) is 11.4 Å². The van der Waals surface area contributed by atoms with Gasteiger partial charge in [0.1, 0.15) is 5.75 Å². The zero-order valence-corrected chi connectivity index (χ0v) is 15.9. The van der Waals surface area contributed by atoms with Crippen molar-refractivity contribution in [1.29, 1.82) is 0 Å². The molecule has 10 heteroatoms. The van der Waals surface area contributed by atoms with Crippen LogP contribution in [-0.2, 0) is 9.59 Å². The van der Waals surface area contributed by atoms with Gasteiger partial charge in [-0.05, 0) is 30.3 Å². The summed E-state index contributed by atoms with van der Waals surface area (Å²) in [6, 6.07) is 8.53. The lowest BCUT2D eigenvalue weighted by Crippen LogP contribution is -2.15. The van der Waals surface area contributed by atoms with Crippen LogP contribution in [0, 0.1) is 0 Å². The third kappa shape index (κ3) is 5.07. The maximum absolute atomic E-state index is 12.3. The first-order chi connectivity index (χ1) is 13.5. The van der Waals surface area contributed by atoms with Crippen LogP contribution in [0.1, 0.15) is 6.92 Å². The standard InChI is InChI=1S/C18H17N5O4S/c1-11(24)20-13-5-6-15(26-2)14(8-13)21-16(25)10-28-18-23-22-17(27-18)12-4-3-7-19-9-12/h3-9H,10H2,1-2H3,(H,20,24)(H,21,25). The number of amides is 2. The van der Waals surface area contributed by atoms with Crippen molar-refractivity contribution < 1.29 is 18.7 Å². The number of thioether (sulfide) groups is 1. The SMILES string of the molecule is COc1ccc(NC(C)=O)cc1NC(=O)CSc1nnc(-c2cccnc2)o1. The van der Waals surface area contributed by atoms with E-state index < -0.39 is 0 Å². The number of anilines is 2. The molecule has 28 heavy (non-hydrogen) atoms. The fraction of sp³-hybridized carbons (Fsp3) is 0.167. The number of aromatic nitrogens is 3. The van der Waals surface area contributed by atoms with Crippen LogP contribution in [0.3, 0.4) is 0 Å². The number of carbonyl (C=O) groups excluding carboxylic acids is 2. The molecular weight excluding hydrogens is 382 g/mol. The molecule has 144 valence electrons. The predicted octanol–water partition coefficient (Wildman–Crippen LogP) is 2.83. The van der Waals surface area contributed by atoms with Gasteiger partial charge in [0.15, 0.2) is 0 Å². The number of pyridine rings is 1. The molecule has 0 aliphatic rings. The number of nitrogens with zero attached hydrogens (tertiary/aromatic N) is 3. The maximum atomic E-state index is 12.3. The topological polar surface area (TPSA) is 119 Å². The number of hydrogen-bond acceptors (Lipinski definition) is 8. The van der Waals surface area contributed by atoms with E-state index >= 15 is 0 Å². The van der Waals surface area contributed by atoms with Gasteiger partial charge >= 0.3 is 0 Å². The second kappa shape index (κ2) is 9.00. The van der Waals surface area contributed by atoms with E-state index in [4.69, 9.17) is 9.15 Å². The second-order valence-electron chi connectivity index (χ2n) is 5.55. The first kappa shape index (κ1) is 19.4. The minimum absolute atomic E-state index is 0.0577. The van der Waals surface area contributed by atoms with Gasteiger partial charge in [-0.1, -0.05) is 11.8 Å². The second-order valence-corrected chi connectivity index (χ2v) is 6.47. The molecule has 0 saturated heterocycles. The molecule has 1 aromatic carbocycles. The highest BCUT2D eigenvalue weighted by atomic mass is 32.2. The van der Waals surface area contributed by atoms with Crippen LogP contribution in [0.25, 0.3) is 11.5 Å². The van der Waals surface area contributed by atoms with Crippen molar-refractivity contribution in [2.45, 2.75) is 12.1 Å². The number of rotatable bonds is 7. The lowest BCUT2D eigenvalue weighted by molar-refractivity contribution is -0.114. The Bertz CT molecular complexity index is 977. The first-order valence-corrected chi connectivity index (χ1v) is 9.16. The van der Waals surface area contributed by atoms with Crippen LogP contribution < -0.4 is 15.4 Å². The molecule has 0 atom stereocenters. The van der Waals surface area contributed by atoms with Gasteiger partial charge in [-0.3, -0.25) is 14.6 Å². The van der Waals surface area contributed by atoms with E-state index in [1.165, 1.54) is 14.0 Å². The third-order valence-electron chi connectivity index (χ3n) is 3.44. The van der Waals surface area contributed by atoms with Crippen molar-refractivity contribution in [1.82, 2.24) is 15.2 Å². The summed E-state index contributed by atoms with van der Waals surface area (Å²) in [6.07, 6.45) is 3.26. The largest absolute Gasteiger partial charge is 0.495 e. The molecule has 0 aliphatic heterocycles. The van der Waals surface area contributed by atoms with Gasteiger partial charge in [-0.2, -0.15) is 0 Å². The zero-order valence-electron chi connectivity index (χ0n) is 15.1. The average molecular weight is 399 g/mol. The van der Waals surface area contributed by atoms with Crippen molar-refractivity contribution in [3.8, 4) is 17.2 Å². The molecule has 2 N–H and O–H groups in total. The van der Waals surface area contributed by atoms with Gasteiger partial charge in [-0.15, -0.1) is 10.2 Å². The Kier molecular flexibility index (Phi) is 6.22. The predicted molar refractivity (Wildman–Crippen MR) is 104 cm³/mol. The van der Waals surface area contributed by atoms with Gasteiger partial charge in [0.2, 0.25) is 17.7 Å².